The van der Waals surface area contributed by atoms with E-state index in [-0.39, 0.29) is 22.0 Å². The molecule has 1 unspecified atom stereocenters. The van der Waals surface area contributed by atoms with E-state index in [9.17, 15) is 18.0 Å². The summed E-state index contributed by atoms with van der Waals surface area (Å²) in [6, 6.07) is 9.04. The number of anilines is 2. The number of nitrogens with zero attached hydrogens (tertiary/aromatic N) is 1. The van der Waals surface area contributed by atoms with Gasteiger partial charge in [-0.3, -0.25) is 9.59 Å². The van der Waals surface area contributed by atoms with Crippen LogP contribution in [0.25, 0.3) is 0 Å². The molecule has 1 fully saturated rings. The predicted molar refractivity (Wildman–Crippen MR) is 107 cm³/mol. The lowest BCUT2D eigenvalue weighted by molar-refractivity contribution is -0.119. The minimum Gasteiger partial charge on any atom is -0.486 e. The molecule has 0 aliphatic carbocycles. The second-order valence-electron chi connectivity index (χ2n) is 6.76. The van der Waals surface area contributed by atoms with Gasteiger partial charge in [-0.15, -0.1) is 0 Å². The Morgan fingerprint density at radius 1 is 1.14 bits per heavy atom. The molecule has 0 spiro atoms. The topological polar surface area (TPSA) is 102 Å². The fourth-order valence-electron chi connectivity index (χ4n) is 3.22. The van der Waals surface area contributed by atoms with Crippen molar-refractivity contribution in [2.45, 2.75) is 6.92 Å². The molecule has 0 saturated carbocycles. The van der Waals surface area contributed by atoms with Crippen LogP contribution in [0.4, 0.5) is 11.4 Å². The number of benzene rings is 2. The first kappa shape index (κ1) is 19.5. The van der Waals surface area contributed by atoms with Gasteiger partial charge in [0.2, 0.25) is 15.9 Å². The summed E-state index contributed by atoms with van der Waals surface area (Å²) < 4.78 is 36.3. The van der Waals surface area contributed by atoms with Crippen LogP contribution < -0.4 is 19.1 Å². The largest absolute Gasteiger partial charge is 0.486 e. The first-order chi connectivity index (χ1) is 13.8. The van der Waals surface area contributed by atoms with E-state index in [4.69, 9.17) is 21.1 Å². The van der Waals surface area contributed by atoms with Crippen molar-refractivity contribution in [1.82, 2.24) is 0 Å². The normalized spacial score (nSPS) is 19.9. The van der Waals surface area contributed by atoms with Gasteiger partial charge in [-0.2, -0.15) is 0 Å². The monoisotopic (exact) mass is 436 g/mol. The number of nitrogens with one attached hydrogen (secondary N) is 1. The lowest BCUT2D eigenvalue weighted by Crippen LogP contribution is -2.30. The number of hydrogen-bond acceptors (Lipinski definition) is 6. The van der Waals surface area contributed by atoms with Crippen molar-refractivity contribution in [1.29, 1.82) is 0 Å². The lowest BCUT2D eigenvalue weighted by Gasteiger charge is -2.19. The van der Waals surface area contributed by atoms with E-state index in [1.165, 1.54) is 18.2 Å². The highest BCUT2D eigenvalue weighted by Gasteiger charge is 2.42. The van der Waals surface area contributed by atoms with Gasteiger partial charge >= 0.3 is 0 Å². The van der Waals surface area contributed by atoms with Crippen LogP contribution in [0, 0.1) is 5.92 Å². The number of halogens is 1. The molecule has 1 saturated heterocycles. The molecular weight excluding hydrogens is 420 g/mol. The third-order valence-corrected chi connectivity index (χ3v) is 6.79. The first-order valence-electron chi connectivity index (χ1n) is 8.83. The quantitative estimate of drug-likeness (QED) is 0.793. The van der Waals surface area contributed by atoms with Crippen molar-refractivity contribution in [3.05, 3.63) is 47.0 Å². The summed E-state index contributed by atoms with van der Waals surface area (Å²) >= 11 is 6.16. The van der Waals surface area contributed by atoms with Crippen LogP contribution in [0.5, 0.6) is 11.5 Å². The Kier molecular flexibility index (Phi) is 4.87. The Balaban J connectivity index is 1.63. The second-order valence-corrected chi connectivity index (χ2v) is 9.03. The minimum atomic E-state index is -3.78. The number of sulfonamides is 1. The van der Waals surface area contributed by atoms with E-state index in [0.29, 0.717) is 30.4 Å². The summed E-state index contributed by atoms with van der Waals surface area (Å²) in [5.41, 5.74) is 0.580. The molecule has 29 heavy (non-hydrogen) atoms. The van der Waals surface area contributed by atoms with Crippen molar-refractivity contribution in [3.8, 4) is 11.5 Å². The van der Waals surface area contributed by atoms with E-state index < -0.39 is 27.8 Å². The first-order valence-corrected chi connectivity index (χ1v) is 10.8. The number of rotatable bonds is 3. The summed E-state index contributed by atoms with van der Waals surface area (Å²) in [6.45, 7) is 2.41. The molecule has 0 bridgehead atoms. The molecule has 2 aromatic carbocycles. The molecule has 2 aliphatic rings. The maximum Gasteiger partial charge on any atom is 0.257 e. The average molecular weight is 437 g/mol. The fourth-order valence-corrected chi connectivity index (χ4v) is 5.24. The number of hydrogen-bond donors (Lipinski definition) is 1. The van der Waals surface area contributed by atoms with Gasteiger partial charge in [0.15, 0.2) is 11.5 Å². The SMILES string of the molecule is CC1CS(=O)(=O)N(c2ccc(Cl)c(C(=O)Nc3ccc4c(c3)OCCO4)c2)C1=O. The molecule has 1 N–H and O–H groups in total. The van der Waals surface area contributed by atoms with Crippen LogP contribution >= 0.6 is 11.6 Å². The molecule has 10 heteroatoms. The van der Waals surface area contributed by atoms with Gasteiger partial charge in [0.1, 0.15) is 13.2 Å². The summed E-state index contributed by atoms with van der Waals surface area (Å²) in [4.78, 5) is 25.1. The second kappa shape index (κ2) is 7.23. The number of amides is 2. The average Bonchev–Trinajstić information content (AvgIpc) is 2.89. The van der Waals surface area contributed by atoms with Gasteiger partial charge in [0, 0.05) is 11.8 Å². The Morgan fingerprint density at radius 2 is 1.86 bits per heavy atom. The van der Waals surface area contributed by atoms with Gasteiger partial charge in [-0.25, -0.2) is 12.7 Å². The molecule has 2 aromatic rings. The molecule has 0 aromatic heterocycles. The number of carbonyl (C=O) groups excluding carboxylic acids is 2. The number of ether oxygens (including phenoxy) is 2. The van der Waals surface area contributed by atoms with Gasteiger partial charge in [0.05, 0.1) is 27.9 Å². The van der Waals surface area contributed by atoms with E-state index in [2.05, 4.69) is 5.32 Å². The maximum absolute atomic E-state index is 12.8. The van der Waals surface area contributed by atoms with Gasteiger partial charge in [-0.05, 0) is 30.3 Å². The summed E-state index contributed by atoms with van der Waals surface area (Å²) in [5.74, 6) is -0.910. The fraction of sp³-hybridized carbons (Fsp3) is 0.263. The van der Waals surface area contributed by atoms with E-state index >= 15 is 0 Å². The van der Waals surface area contributed by atoms with Crippen molar-refractivity contribution < 1.29 is 27.5 Å². The molecule has 4 rings (SSSR count). The molecule has 8 nitrogen and oxygen atoms in total. The van der Waals surface area contributed by atoms with Crippen LogP contribution in [-0.2, 0) is 14.8 Å². The van der Waals surface area contributed by atoms with Gasteiger partial charge in [0.25, 0.3) is 5.91 Å². The van der Waals surface area contributed by atoms with Gasteiger partial charge < -0.3 is 14.8 Å². The lowest BCUT2D eigenvalue weighted by atomic mass is 10.1. The zero-order chi connectivity index (χ0) is 20.8. The van der Waals surface area contributed by atoms with Crippen LogP contribution in [-0.4, -0.2) is 39.2 Å². The van der Waals surface area contributed by atoms with Crippen LogP contribution in [0.1, 0.15) is 17.3 Å². The summed E-state index contributed by atoms with van der Waals surface area (Å²) in [7, 11) is -3.78. The van der Waals surface area contributed by atoms with Crippen LogP contribution in [0.3, 0.4) is 0 Å². The van der Waals surface area contributed by atoms with Gasteiger partial charge in [-0.1, -0.05) is 18.5 Å². The summed E-state index contributed by atoms with van der Waals surface area (Å²) in [6.07, 6.45) is 0. The molecule has 2 amide bonds. The highest BCUT2D eigenvalue weighted by Crippen LogP contribution is 2.34. The van der Waals surface area contributed by atoms with E-state index in [0.717, 1.165) is 4.31 Å². The highest BCUT2D eigenvalue weighted by molar-refractivity contribution is 7.94. The molecule has 152 valence electrons. The number of carbonyl (C=O) groups is 2. The van der Waals surface area contributed by atoms with Crippen LogP contribution in [0.2, 0.25) is 5.02 Å². The zero-order valence-corrected chi connectivity index (χ0v) is 16.9. The van der Waals surface area contributed by atoms with Crippen molar-refractivity contribution in [2.75, 3.05) is 28.6 Å². The van der Waals surface area contributed by atoms with E-state index in [1.54, 1.807) is 25.1 Å². The smallest absolute Gasteiger partial charge is 0.257 e. The maximum atomic E-state index is 12.8. The van der Waals surface area contributed by atoms with Crippen molar-refractivity contribution in [2.24, 2.45) is 5.92 Å². The Labute approximate surface area is 172 Å². The molecular formula is C19H17ClN2O6S. The highest BCUT2D eigenvalue weighted by atomic mass is 35.5. The van der Waals surface area contributed by atoms with Crippen molar-refractivity contribution in [3.63, 3.8) is 0 Å². The molecule has 2 heterocycles. The van der Waals surface area contributed by atoms with E-state index in [1.807, 2.05) is 0 Å². The Hall–Kier alpha value is -2.78. The minimum absolute atomic E-state index is 0.0432. The zero-order valence-electron chi connectivity index (χ0n) is 15.3. The standard InChI is InChI=1S/C19H17ClN2O6S/c1-11-10-29(25,26)22(19(11)24)13-3-4-15(20)14(9-13)18(23)21-12-2-5-16-17(8-12)28-7-6-27-16/h2-5,8-9,11H,6-7,10H2,1H3,(H,21,23). The third-order valence-electron chi connectivity index (χ3n) is 4.59. The van der Waals surface area contributed by atoms with Crippen molar-refractivity contribution >= 4 is 44.8 Å². The molecule has 0 radical (unpaired) electrons. The molecule has 1 atom stereocenters. The molecule has 2 aliphatic heterocycles. The Bertz CT molecular complexity index is 1120. The van der Waals surface area contributed by atoms with Crippen LogP contribution in [0.15, 0.2) is 36.4 Å². The third kappa shape index (κ3) is 3.63. The summed E-state index contributed by atoms with van der Waals surface area (Å²) in [5, 5.41) is 2.82. The Morgan fingerprint density at radius 3 is 2.55 bits per heavy atom. The number of fused-ring (bicyclic) bond motifs is 1. The predicted octanol–water partition coefficient (Wildman–Crippen LogP) is 2.68.